The molecule has 0 aromatic carbocycles. The molecule has 5 heteroatoms. The number of hydrogen-bond acceptors (Lipinski definition) is 3. The number of thiophene rings is 1. The second-order valence-corrected chi connectivity index (χ2v) is 5.98. The molecule has 2 rings (SSSR count). The number of piperidine rings is 1. The molecule has 0 aliphatic carbocycles. The van der Waals surface area contributed by atoms with Gasteiger partial charge in [0.1, 0.15) is 0 Å². The largest absolute Gasteiger partial charge is 0.391 e. The van der Waals surface area contributed by atoms with E-state index in [-0.39, 0.29) is 12.0 Å². The first-order chi connectivity index (χ1) is 7.16. The average molecular weight is 290 g/mol. The van der Waals surface area contributed by atoms with Crippen LogP contribution in [0.25, 0.3) is 0 Å². The zero-order valence-electron chi connectivity index (χ0n) is 8.15. The summed E-state index contributed by atoms with van der Waals surface area (Å²) >= 11 is 4.84. The molecule has 0 unspecified atom stereocenters. The maximum atomic E-state index is 12.0. The summed E-state index contributed by atoms with van der Waals surface area (Å²) in [4.78, 5) is 13.7. The Kier molecular flexibility index (Phi) is 3.43. The average Bonchev–Trinajstić information content (AvgIpc) is 2.64. The second-order valence-electron chi connectivity index (χ2n) is 3.69. The van der Waals surface area contributed by atoms with Gasteiger partial charge in [-0.3, -0.25) is 4.79 Å². The molecule has 1 aromatic heterocycles. The summed E-state index contributed by atoms with van der Waals surface area (Å²) in [5.74, 6) is 0.0238. The quantitative estimate of drug-likeness (QED) is 0.860. The van der Waals surface area contributed by atoms with Crippen molar-refractivity contribution in [2.45, 2.75) is 18.9 Å². The van der Waals surface area contributed by atoms with Gasteiger partial charge in [-0.25, -0.2) is 0 Å². The zero-order chi connectivity index (χ0) is 10.8. The number of hydrogen-bond donors (Lipinski definition) is 1. The molecule has 0 saturated carbocycles. The molecular formula is C10H12BrNO2S. The van der Waals surface area contributed by atoms with Gasteiger partial charge in [0.25, 0.3) is 5.91 Å². The minimum Gasteiger partial charge on any atom is -0.391 e. The summed E-state index contributed by atoms with van der Waals surface area (Å²) in [5.41, 5.74) is 0.709. The summed E-state index contributed by atoms with van der Waals surface area (Å²) in [6.07, 6.45) is 1.33. The van der Waals surface area contributed by atoms with Crippen molar-refractivity contribution in [3.05, 3.63) is 20.8 Å². The van der Waals surface area contributed by atoms with Gasteiger partial charge in [0.05, 0.1) is 15.5 Å². The Hall–Kier alpha value is -0.390. The van der Waals surface area contributed by atoms with Gasteiger partial charge in [0, 0.05) is 18.5 Å². The molecule has 1 saturated heterocycles. The van der Waals surface area contributed by atoms with E-state index in [1.54, 1.807) is 4.90 Å². The Morgan fingerprint density at radius 2 is 2.47 bits per heavy atom. The molecule has 1 N–H and O–H groups in total. The van der Waals surface area contributed by atoms with Gasteiger partial charge in [-0.05, 0) is 34.8 Å². The lowest BCUT2D eigenvalue weighted by molar-refractivity contribution is 0.0474. The standard InChI is InChI=1S/C10H12BrNO2S/c11-9-4-7(6-15-9)10(14)12-3-1-2-8(13)5-12/h4,6,8,13H,1-3,5H2/t8-/m0/s1. The highest BCUT2D eigenvalue weighted by molar-refractivity contribution is 9.11. The lowest BCUT2D eigenvalue weighted by Gasteiger charge is -2.29. The Morgan fingerprint density at radius 1 is 1.67 bits per heavy atom. The van der Waals surface area contributed by atoms with Crippen molar-refractivity contribution in [2.24, 2.45) is 0 Å². The van der Waals surface area contributed by atoms with Crippen molar-refractivity contribution in [3.63, 3.8) is 0 Å². The van der Waals surface area contributed by atoms with E-state index in [4.69, 9.17) is 0 Å². The fourth-order valence-corrected chi connectivity index (χ4v) is 2.87. The molecular weight excluding hydrogens is 278 g/mol. The molecule has 0 bridgehead atoms. The Balaban J connectivity index is 2.07. The first-order valence-electron chi connectivity index (χ1n) is 4.88. The maximum Gasteiger partial charge on any atom is 0.254 e. The maximum absolute atomic E-state index is 12.0. The van der Waals surface area contributed by atoms with Gasteiger partial charge in [-0.15, -0.1) is 11.3 Å². The second kappa shape index (κ2) is 4.63. The molecule has 2 heterocycles. The summed E-state index contributed by atoms with van der Waals surface area (Å²) in [7, 11) is 0. The van der Waals surface area contributed by atoms with Crippen LogP contribution in [0, 0.1) is 0 Å². The third-order valence-electron chi connectivity index (χ3n) is 2.50. The Bertz CT molecular complexity index is 366. The van der Waals surface area contributed by atoms with Crippen LogP contribution in [0.4, 0.5) is 0 Å². The third kappa shape index (κ3) is 2.59. The predicted octanol–water partition coefficient (Wildman–Crippen LogP) is 2.11. The van der Waals surface area contributed by atoms with Crippen LogP contribution in [0.2, 0.25) is 0 Å². The van der Waals surface area contributed by atoms with Gasteiger partial charge in [-0.1, -0.05) is 0 Å². The summed E-state index contributed by atoms with van der Waals surface area (Å²) in [6.45, 7) is 1.22. The number of aliphatic hydroxyl groups is 1. The van der Waals surface area contributed by atoms with Gasteiger partial charge in [0.15, 0.2) is 0 Å². The normalized spacial score (nSPS) is 21.7. The highest BCUT2D eigenvalue weighted by atomic mass is 79.9. The van der Waals surface area contributed by atoms with E-state index in [9.17, 15) is 9.90 Å². The van der Waals surface area contributed by atoms with Crippen molar-refractivity contribution in [1.82, 2.24) is 4.90 Å². The minimum atomic E-state index is -0.357. The molecule has 82 valence electrons. The van der Waals surface area contributed by atoms with Crippen molar-refractivity contribution >= 4 is 33.2 Å². The van der Waals surface area contributed by atoms with Crippen LogP contribution < -0.4 is 0 Å². The number of aliphatic hydroxyl groups excluding tert-OH is 1. The van der Waals surface area contributed by atoms with Gasteiger partial charge in [0.2, 0.25) is 0 Å². The predicted molar refractivity (Wildman–Crippen MR) is 63.2 cm³/mol. The number of amides is 1. The zero-order valence-corrected chi connectivity index (χ0v) is 10.6. The number of carbonyl (C=O) groups excluding carboxylic acids is 1. The first-order valence-corrected chi connectivity index (χ1v) is 6.55. The van der Waals surface area contributed by atoms with Crippen LogP contribution >= 0.6 is 27.3 Å². The fourth-order valence-electron chi connectivity index (χ4n) is 1.74. The molecule has 1 fully saturated rings. The van der Waals surface area contributed by atoms with Crippen LogP contribution in [0.5, 0.6) is 0 Å². The number of likely N-dealkylation sites (tertiary alicyclic amines) is 1. The summed E-state index contributed by atoms with van der Waals surface area (Å²) in [5, 5.41) is 11.3. The lowest BCUT2D eigenvalue weighted by atomic mass is 10.1. The number of halogens is 1. The molecule has 0 radical (unpaired) electrons. The van der Waals surface area contributed by atoms with Crippen molar-refractivity contribution in [2.75, 3.05) is 13.1 Å². The Labute approximate surface area is 101 Å². The molecule has 1 amide bonds. The van der Waals surface area contributed by atoms with Crippen molar-refractivity contribution in [3.8, 4) is 0 Å². The molecule has 0 spiro atoms. The molecule has 1 aliphatic heterocycles. The topological polar surface area (TPSA) is 40.5 Å². The smallest absolute Gasteiger partial charge is 0.254 e. The molecule has 3 nitrogen and oxygen atoms in total. The number of carbonyl (C=O) groups is 1. The minimum absolute atomic E-state index is 0.0238. The number of rotatable bonds is 1. The lowest BCUT2D eigenvalue weighted by Crippen LogP contribution is -2.42. The van der Waals surface area contributed by atoms with E-state index in [2.05, 4.69) is 15.9 Å². The van der Waals surface area contributed by atoms with Crippen molar-refractivity contribution < 1.29 is 9.90 Å². The SMILES string of the molecule is O=C(c1csc(Br)c1)N1CCC[C@H](O)C1. The van der Waals surface area contributed by atoms with E-state index >= 15 is 0 Å². The van der Waals surface area contributed by atoms with Crippen LogP contribution in [0.1, 0.15) is 23.2 Å². The van der Waals surface area contributed by atoms with Crippen molar-refractivity contribution in [1.29, 1.82) is 0 Å². The van der Waals surface area contributed by atoms with E-state index < -0.39 is 0 Å². The van der Waals surface area contributed by atoms with Crippen LogP contribution in [-0.4, -0.2) is 35.1 Å². The van der Waals surface area contributed by atoms with E-state index in [1.165, 1.54) is 11.3 Å². The summed E-state index contributed by atoms with van der Waals surface area (Å²) in [6, 6.07) is 1.83. The Morgan fingerprint density at radius 3 is 3.07 bits per heavy atom. The number of β-amino-alcohol motifs (C(OH)–C–C–N with tert-alkyl or cyclic N) is 1. The van der Waals surface area contributed by atoms with Gasteiger partial charge < -0.3 is 10.0 Å². The third-order valence-corrected chi connectivity index (χ3v) is 4.00. The molecule has 1 aromatic rings. The van der Waals surface area contributed by atoms with Gasteiger partial charge >= 0.3 is 0 Å². The highest BCUT2D eigenvalue weighted by Gasteiger charge is 2.23. The van der Waals surface area contributed by atoms with E-state index in [1.807, 2.05) is 11.4 Å². The molecule has 15 heavy (non-hydrogen) atoms. The summed E-state index contributed by atoms with van der Waals surface area (Å²) < 4.78 is 0.961. The van der Waals surface area contributed by atoms with Crippen LogP contribution in [0.15, 0.2) is 15.2 Å². The number of nitrogens with zero attached hydrogens (tertiary/aromatic N) is 1. The van der Waals surface area contributed by atoms with E-state index in [0.717, 1.165) is 23.2 Å². The monoisotopic (exact) mass is 289 g/mol. The molecule has 1 atom stereocenters. The van der Waals surface area contributed by atoms with Crippen LogP contribution in [0.3, 0.4) is 0 Å². The fraction of sp³-hybridized carbons (Fsp3) is 0.500. The van der Waals surface area contributed by atoms with E-state index in [0.29, 0.717) is 12.1 Å². The first kappa shape index (κ1) is 11.1. The molecule has 1 aliphatic rings. The van der Waals surface area contributed by atoms with Crippen LogP contribution in [-0.2, 0) is 0 Å². The highest BCUT2D eigenvalue weighted by Crippen LogP contribution is 2.22. The van der Waals surface area contributed by atoms with Gasteiger partial charge in [-0.2, -0.15) is 0 Å².